The van der Waals surface area contributed by atoms with E-state index in [-0.39, 0.29) is 32.9 Å². The molecule has 2 heterocycles. The molecule has 3 aliphatic rings. The average Bonchev–Trinajstić information content (AvgIpc) is 2.64. The second-order valence-electron chi connectivity index (χ2n) is 7.94. The van der Waals surface area contributed by atoms with E-state index in [0.717, 1.165) is 18.5 Å². The average molecular weight is 496 g/mol. The van der Waals surface area contributed by atoms with Gasteiger partial charge in [0.05, 0.1) is 23.1 Å². The number of halogens is 6. The summed E-state index contributed by atoms with van der Waals surface area (Å²) in [6.07, 6.45) is -0.908. The molecule has 2 N–H and O–H groups in total. The van der Waals surface area contributed by atoms with Gasteiger partial charge in [-0.15, -0.1) is 0 Å². The molecule has 0 atom stereocenters. The van der Waals surface area contributed by atoms with Gasteiger partial charge in [-0.1, -0.05) is 23.2 Å². The number of pyridine rings is 1. The van der Waals surface area contributed by atoms with Crippen molar-refractivity contribution in [3.63, 3.8) is 0 Å². The van der Waals surface area contributed by atoms with Crippen molar-refractivity contribution in [2.75, 3.05) is 11.9 Å². The molecule has 0 saturated heterocycles. The fourth-order valence-corrected chi connectivity index (χ4v) is 4.42. The van der Waals surface area contributed by atoms with Crippen LogP contribution in [-0.4, -0.2) is 44.5 Å². The molecule has 1 amide bonds. The molecule has 3 saturated carbocycles. The van der Waals surface area contributed by atoms with E-state index in [1.54, 1.807) is 0 Å². The predicted molar refractivity (Wildman–Crippen MR) is 105 cm³/mol. The van der Waals surface area contributed by atoms with Crippen LogP contribution in [0.5, 0.6) is 5.88 Å². The first-order valence-corrected chi connectivity index (χ1v) is 10.0. The molecule has 2 aromatic rings. The minimum atomic E-state index is -4.60. The lowest BCUT2D eigenvalue weighted by molar-refractivity contribution is -0.143. The maximum Gasteiger partial charge on any atom is 0.408 e. The van der Waals surface area contributed by atoms with Gasteiger partial charge in [0, 0.05) is 17.1 Å². The Balaban J connectivity index is 1.29. The monoisotopic (exact) mass is 495 g/mol. The summed E-state index contributed by atoms with van der Waals surface area (Å²) in [5, 5.41) is 8.86. The first-order valence-electron chi connectivity index (χ1n) is 9.25. The van der Waals surface area contributed by atoms with Gasteiger partial charge in [-0.25, -0.2) is 14.1 Å². The predicted octanol–water partition coefficient (Wildman–Crippen LogP) is 2.93. The quantitative estimate of drug-likeness (QED) is 0.573. The molecule has 32 heavy (non-hydrogen) atoms. The van der Waals surface area contributed by atoms with Crippen molar-refractivity contribution < 1.29 is 27.1 Å². The number of ether oxygens (including phenoxy) is 1. The summed E-state index contributed by atoms with van der Waals surface area (Å²) < 4.78 is 56.3. The van der Waals surface area contributed by atoms with Crippen LogP contribution in [0.4, 0.5) is 23.2 Å². The number of hydrogen-bond acceptors (Lipinski definition) is 6. The Labute approximate surface area is 187 Å². The number of aromatic nitrogens is 3. The Morgan fingerprint density at radius 2 is 1.91 bits per heavy atom. The Morgan fingerprint density at radius 1 is 1.22 bits per heavy atom. The van der Waals surface area contributed by atoms with E-state index in [9.17, 15) is 27.2 Å². The van der Waals surface area contributed by atoms with Gasteiger partial charge in [-0.3, -0.25) is 9.59 Å². The van der Waals surface area contributed by atoms with Gasteiger partial charge >= 0.3 is 6.18 Å². The molecular weight excluding hydrogens is 481 g/mol. The number of carbonyl (C=O) groups excluding carboxylic acids is 1. The number of carbonyl (C=O) groups is 1. The zero-order valence-corrected chi connectivity index (χ0v) is 17.6. The van der Waals surface area contributed by atoms with Crippen molar-refractivity contribution in [3.05, 3.63) is 44.7 Å². The fourth-order valence-electron chi connectivity index (χ4n) is 4.12. The highest BCUT2D eigenvalue weighted by molar-refractivity contribution is 6.33. The van der Waals surface area contributed by atoms with Gasteiger partial charge in [0.15, 0.2) is 6.61 Å². The highest BCUT2D eigenvalue weighted by Gasteiger charge is 2.68. The van der Waals surface area contributed by atoms with Gasteiger partial charge < -0.3 is 15.4 Å². The van der Waals surface area contributed by atoms with Crippen LogP contribution in [0, 0.1) is 5.82 Å². The molecule has 0 unspecified atom stereocenters. The SMILES string of the molecule is O=C(COc1cc(F)c(Cl)cn1)NC12CC(Nc3cnn(CC(F)(F)F)c(=O)c3Cl)(C1)C2. The van der Waals surface area contributed by atoms with E-state index in [1.165, 1.54) is 0 Å². The highest BCUT2D eigenvalue weighted by Crippen LogP contribution is 2.61. The molecule has 14 heteroatoms. The van der Waals surface area contributed by atoms with Crippen molar-refractivity contribution in [2.45, 2.75) is 43.1 Å². The smallest absolute Gasteiger partial charge is 0.408 e. The minimum Gasteiger partial charge on any atom is -0.467 e. The second kappa shape index (κ2) is 7.77. The van der Waals surface area contributed by atoms with Gasteiger partial charge in [-0.2, -0.15) is 18.3 Å². The summed E-state index contributed by atoms with van der Waals surface area (Å²) in [6.45, 7) is -1.91. The molecule has 0 aromatic carbocycles. The Bertz CT molecular complexity index is 1120. The van der Waals surface area contributed by atoms with Crippen LogP contribution in [-0.2, 0) is 11.3 Å². The Hall–Kier alpha value is -2.60. The van der Waals surface area contributed by atoms with Gasteiger partial charge in [0.2, 0.25) is 5.88 Å². The number of rotatable bonds is 7. The van der Waals surface area contributed by atoms with Crippen LogP contribution in [0.15, 0.2) is 23.3 Å². The lowest BCUT2D eigenvalue weighted by Crippen LogP contribution is -2.81. The van der Waals surface area contributed by atoms with Gasteiger partial charge in [0.1, 0.15) is 17.4 Å². The standard InChI is InChI=1S/C18H15Cl2F4N5O3/c19-9-2-25-13(1-10(9)21)32-4-12(30)28-17-5-16(6-17,7-17)27-11-3-26-29(8-18(22,23)24)15(31)14(11)20/h1-3,27H,4-8H2,(H,28,30). The largest absolute Gasteiger partial charge is 0.467 e. The summed E-state index contributed by atoms with van der Waals surface area (Å²) in [6, 6.07) is 0.968. The van der Waals surface area contributed by atoms with Crippen LogP contribution in [0.3, 0.4) is 0 Å². The summed E-state index contributed by atoms with van der Waals surface area (Å²) in [4.78, 5) is 27.9. The van der Waals surface area contributed by atoms with Crippen LogP contribution < -0.4 is 20.9 Å². The van der Waals surface area contributed by atoms with E-state index in [1.807, 2.05) is 0 Å². The number of alkyl halides is 3. The molecule has 172 valence electrons. The molecule has 3 fully saturated rings. The van der Waals surface area contributed by atoms with E-state index in [4.69, 9.17) is 27.9 Å². The van der Waals surface area contributed by atoms with Crippen LogP contribution in [0.2, 0.25) is 10.0 Å². The highest BCUT2D eigenvalue weighted by atomic mass is 35.5. The third-order valence-corrected chi connectivity index (χ3v) is 5.93. The second-order valence-corrected chi connectivity index (χ2v) is 8.72. The molecule has 8 nitrogen and oxygen atoms in total. The lowest BCUT2D eigenvalue weighted by atomic mass is 9.44. The first kappa shape index (κ1) is 22.6. The number of anilines is 1. The Kier molecular flexibility index (Phi) is 5.48. The van der Waals surface area contributed by atoms with E-state index in [2.05, 4.69) is 20.7 Å². The molecule has 2 bridgehead atoms. The zero-order chi connectivity index (χ0) is 23.3. The third kappa shape index (κ3) is 4.46. The number of amides is 1. The molecule has 3 aliphatic carbocycles. The fraction of sp³-hybridized carbons (Fsp3) is 0.444. The van der Waals surface area contributed by atoms with Crippen molar-refractivity contribution in [3.8, 4) is 5.88 Å². The van der Waals surface area contributed by atoms with E-state index in [0.29, 0.717) is 19.3 Å². The normalized spacial score (nSPS) is 23.7. The summed E-state index contributed by atoms with van der Waals surface area (Å²) >= 11 is 11.5. The Morgan fingerprint density at radius 3 is 2.53 bits per heavy atom. The summed E-state index contributed by atoms with van der Waals surface area (Å²) in [7, 11) is 0. The van der Waals surface area contributed by atoms with Crippen LogP contribution in [0.1, 0.15) is 19.3 Å². The zero-order valence-electron chi connectivity index (χ0n) is 16.1. The van der Waals surface area contributed by atoms with E-state index < -0.39 is 41.1 Å². The molecule has 2 aromatic heterocycles. The number of nitrogens with zero attached hydrogens (tertiary/aromatic N) is 3. The van der Waals surface area contributed by atoms with Gasteiger partial charge in [-0.05, 0) is 19.3 Å². The van der Waals surface area contributed by atoms with Crippen molar-refractivity contribution in [2.24, 2.45) is 0 Å². The molecule has 0 radical (unpaired) electrons. The lowest BCUT2D eigenvalue weighted by Gasteiger charge is -2.70. The first-order chi connectivity index (χ1) is 14.9. The van der Waals surface area contributed by atoms with Crippen molar-refractivity contribution in [1.82, 2.24) is 20.1 Å². The molecule has 0 spiro atoms. The maximum absolute atomic E-state index is 13.4. The van der Waals surface area contributed by atoms with Crippen molar-refractivity contribution >= 4 is 34.8 Å². The third-order valence-electron chi connectivity index (χ3n) is 5.28. The van der Waals surface area contributed by atoms with Gasteiger partial charge in [0.25, 0.3) is 11.5 Å². The number of hydrogen-bond donors (Lipinski definition) is 2. The van der Waals surface area contributed by atoms with E-state index >= 15 is 0 Å². The maximum atomic E-state index is 13.4. The number of nitrogens with one attached hydrogen (secondary N) is 2. The minimum absolute atomic E-state index is 0.0832. The van der Waals surface area contributed by atoms with Crippen LogP contribution >= 0.6 is 23.2 Å². The summed E-state index contributed by atoms with van der Waals surface area (Å²) in [5.74, 6) is -1.23. The molecular formula is C18H15Cl2F4N5O3. The van der Waals surface area contributed by atoms with Crippen LogP contribution in [0.25, 0.3) is 0 Å². The molecule has 5 rings (SSSR count). The van der Waals surface area contributed by atoms with Crippen molar-refractivity contribution in [1.29, 1.82) is 0 Å². The topological polar surface area (TPSA) is 98.1 Å². The summed E-state index contributed by atoms with van der Waals surface area (Å²) in [5.41, 5.74) is -1.82. The molecule has 0 aliphatic heterocycles.